The molecule has 1 aromatic carbocycles. The van der Waals surface area contributed by atoms with Crippen LogP contribution in [-0.2, 0) is 11.8 Å². The van der Waals surface area contributed by atoms with Crippen molar-refractivity contribution in [3.8, 4) is 11.3 Å². The van der Waals surface area contributed by atoms with Gasteiger partial charge in [0.15, 0.2) is 5.65 Å². The Morgan fingerprint density at radius 2 is 2.08 bits per heavy atom. The molecule has 0 spiro atoms. The van der Waals surface area contributed by atoms with Crippen LogP contribution in [0.1, 0.15) is 0 Å². The van der Waals surface area contributed by atoms with Crippen LogP contribution in [0.3, 0.4) is 0 Å². The van der Waals surface area contributed by atoms with Crippen molar-refractivity contribution in [2.24, 2.45) is 7.05 Å². The van der Waals surface area contributed by atoms with Gasteiger partial charge in [-0.2, -0.15) is 10.1 Å². The van der Waals surface area contributed by atoms with Crippen LogP contribution >= 0.6 is 0 Å². The first kappa shape index (κ1) is 16.1. The SMILES string of the molecule is COCCNc1nc(-c2ccc(F)cc2F)c2c(N)n(C)nc2n1. The molecular formula is C15H16F2N6O. The topological polar surface area (TPSA) is 90.9 Å². The Hall–Kier alpha value is -2.81. The molecule has 0 saturated heterocycles. The van der Waals surface area contributed by atoms with Crippen LogP contribution in [-0.4, -0.2) is 40.0 Å². The molecule has 0 aliphatic rings. The number of aromatic nitrogens is 4. The number of methoxy groups -OCH3 is 1. The van der Waals surface area contributed by atoms with E-state index < -0.39 is 11.6 Å². The van der Waals surface area contributed by atoms with Crippen molar-refractivity contribution in [2.45, 2.75) is 0 Å². The van der Waals surface area contributed by atoms with Crippen molar-refractivity contribution < 1.29 is 13.5 Å². The molecule has 0 aliphatic heterocycles. The second kappa shape index (κ2) is 6.36. The number of hydrogen-bond acceptors (Lipinski definition) is 6. The Morgan fingerprint density at radius 1 is 1.29 bits per heavy atom. The number of nitrogens with zero attached hydrogens (tertiary/aromatic N) is 4. The molecule has 0 bridgehead atoms. The summed E-state index contributed by atoms with van der Waals surface area (Å²) in [7, 11) is 3.23. The summed E-state index contributed by atoms with van der Waals surface area (Å²) in [6.07, 6.45) is 0. The highest BCUT2D eigenvalue weighted by Crippen LogP contribution is 2.32. The van der Waals surface area contributed by atoms with Crippen LogP contribution in [0.5, 0.6) is 0 Å². The van der Waals surface area contributed by atoms with Gasteiger partial charge in [-0.3, -0.25) is 4.68 Å². The molecule has 0 unspecified atom stereocenters. The Kier molecular flexibility index (Phi) is 4.26. The number of nitrogen functional groups attached to an aromatic ring is 1. The van der Waals surface area contributed by atoms with Crippen LogP contribution in [0.4, 0.5) is 20.5 Å². The van der Waals surface area contributed by atoms with Gasteiger partial charge in [0, 0.05) is 32.3 Å². The number of aryl methyl sites for hydroxylation is 1. The smallest absolute Gasteiger partial charge is 0.225 e. The maximum Gasteiger partial charge on any atom is 0.225 e. The van der Waals surface area contributed by atoms with E-state index in [1.165, 1.54) is 10.7 Å². The third-order valence-electron chi connectivity index (χ3n) is 3.51. The summed E-state index contributed by atoms with van der Waals surface area (Å²) in [6.45, 7) is 0.918. The fourth-order valence-corrected chi connectivity index (χ4v) is 2.34. The Morgan fingerprint density at radius 3 is 2.79 bits per heavy atom. The molecular weight excluding hydrogens is 318 g/mol. The number of anilines is 2. The number of ether oxygens (including phenoxy) is 1. The van der Waals surface area contributed by atoms with E-state index in [0.29, 0.717) is 30.0 Å². The predicted molar refractivity (Wildman–Crippen MR) is 86.4 cm³/mol. The number of nitrogens with one attached hydrogen (secondary N) is 1. The molecule has 2 aromatic heterocycles. The van der Waals surface area contributed by atoms with Crippen molar-refractivity contribution in [3.63, 3.8) is 0 Å². The van der Waals surface area contributed by atoms with E-state index in [4.69, 9.17) is 10.5 Å². The zero-order chi connectivity index (χ0) is 17.3. The van der Waals surface area contributed by atoms with Crippen LogP contribution in [0.2, 0.25) is 0 Å². The summed E-state index contributed by atoms with van der Waals surface area (Å²) in [5.41, 5.74) is 6.71. The van der Waals surface area contributed by atoms with E-state index in [-0.39, 0.29) is 17.2 Å². The fourth-order valence-electron chi connectivity index (χ4n) is 2.34. The number of nitrogens with two attached hydrogens (primary N) is 1. The van der Waals surface area contributed by atoms with Crippen LogP contribution < -0.4 is 11.1 Å². The lowest BCUT2D eigenvalue weighted by molar-refractivity contribution is 0.210. The summed E-state index contributed by atoms with van der Waals surface area (Å²) >= 11 is 0. The highest BCUT2D eigenvalue weighted by atomic mass is 19.1. The fraction of sp³-hybridized carbons (Fsp3) is 0.267. The molecule has 0 fully saturated rings. The van der Waals surface area contributed by atoms with Gasteiger partial charge in [0.05, 0.1) is 17.7 Å². The van der Waals surface area contributed by atoms with Crippen LogP contribution in [0.25, 0.3) is 22.3 Å². The second-order valence-electron chi connectivity index (χ2n) is 5.15. The van der Waals surface area contributed by atoms with E-state index in [0.717, 1.165) is 12.1 Å². The third-order valence-corrected chi connectivity index (χ3v) is 3.51. The Labute approximate surface area is 136 Å². The minimum atomic E-state index is -0.735. The van der Waals surface area contributed by atoms with Gasteiger partial charge in [-0.15, -0.1) is 0 Å². The number of fused-ring (bicyclic) bond motifs is 1. The van der Waals surface area contributed by atoms with Gasteiger partial charge in [0.1, 0.15) is 17.5 Å². The molecule has 7 nitrogen and oxygen atoms in total. The van der Waals surface area contributed by atoms with E-state index in [1.807, 2.05) is 0 Å². The molecule has 24 heavy (non-hydrogen) atoms. The van der Waals surface area contributed by atoms with Crippen molar-refractivity contribution in [1.29, 1.82) is 0 Å². The van der Waals surface area contributed by atoms with Crippen molar-refractivity contribution in [2.75, 3.05) is 31.3 Å². The summed E-state index contributed by atoms with van der Waals surface area (Å²) in [6, 6.07) is 3.28. The van der Waals surface area contributed by atoms with Crippen LogP contribution in [0, 0.1) is 11.6 Å². The largest absolute Gasteiger partial charge is 0.383 e. The van der Waals surface area contributed by atoms with Gasteiger partial charge in [-0.05, 0) is 12.1 Å². The molecule has 0 radical (unpaired) electrons. The van der Waals surface area contributed by atoms with Gasteiger partial charge < -0.3 is 15.8 Å². The van der Waals surface area contributed by atoms with Crippen molar-refractivity contribution >= 4 is 22.8 Å². The summed E-state index contributed by atoms with van der Waals surface area (Å²) in [4.78, 5) is 8.61. The average Bonchev–Trinajstić information content (AvgIpc) is 2.82. The third kappa shape index (κ3) is 2.85. The lowest BCUT2D eigenvalue weighted by atomic mass is 10.1. The highest BCUT2D eigenvalue weighted by Gasteiger charge is 2.19. The molecule has 0 aliphatic carbocycles. The maximum absolute atomic E-state index is 14.2. The molecule has 2 heterocycles. The maximum atomic E-state index is 14.2. The minimum Gasteiger partial charge on any atom is -0.383 e. The number of hydrogen-bond donors (Lipinski definition) is 2. The number of benzene rings is 1. The van der Waals surface area contributed by atoms with Crippen LogP contribution in [0.15, 0.2) is 18.2 Å². The summed E-state index contributed by atoms with van der Waals surface area (Å²) in [5.74, 6) is -0.844. The lowest BCUT2D eigenvalue weighted by Crippen LogP contribution is -2.11. The second-order valence-corrected chi connectivity index (χ2v) is 5.15. The van der Waals surface area contributed by atoms with Gasteiger partial charge >= 0.3 is 0 Å². The van der Waals surface area contributed by atoms with Crippen molar-refractivity contribution in [3.05, 3.63) is 29.8 Å². The first-order valence-electron chi connectivity index (χ1n) is 7.19. The van der Waals surface area contributed by atoms with E-state index in [1.54, 1.807) is 14.2 Å². The first-order chi connectivity index (χ1) is 11.5. The zero-order valence-electron chi connectivity index (χ0n) is 13.2. The Bertz CT molecular complexity index is 895. The van der Waals surface area contributed by atoms with E-state index in [2.05, 4.69) is 20.4 Å². The minimum absolute atomic E-state index is 0.123. The molecule has 126 valence electrons. The molecule has 3 N–H and O–H groups in total. The number of halogens is 2. The summed E-state index contributed by atoms with van der Waals surface area (Å²) < 4.78 is 33.8. The molecule has 0 atom stereocenters. The van der Waals surface area contributed by atoms with Gasteiger partial charge in [-0.1, -0.05) is 0 Å². The molecule has 3 aromatic rings. The van der Waals surface area contributed by atoms with Gasteiger partial charge in [-0.25, -0.2) is 13.8 Å². The standard InChI is InChI=1S/C15H16F2N6O/c1-23-13(18)11-12(9-4-3-8(16)7-10(9)17)20-15(19-5-6-24-2)21-14(11)22-23/h3-4,7H,5-6,18H2,1-2H3,(H,19,21,22). The van der Waals surface area contributed by atoms with Gasteiger partial charge in [0.25, 0.3) is 0 Å². The average molecular weight is 334 g/mol. The predicted octanol–water partition coefficient (Wildman–Crippen LogP) is 1.95. The molecule has 0 saturated carbocycles. The molecule has 3 rings (SSSR count). The number of rotatable bonds is 5. The highest BCUT2D eigenvalue weighted by molar-refractivity contribution is 5.98. The van der Waals surface area contributed by atoms with E-state index >= 15 is 0 Å². The normalized spacial score (nSPS) is 11.2. The van der Waals surface area contributed by atoms with Gasteiger partial charge in [0.2, 0.25) is 5.95 Å². The summed E-state index contributed by atoms with van der Waals surface area (Å²) in [5, 5.41) is 7.60. The Balaban J connectivity index is 2.19. The zero-order valence-corrected chi connectivity index (χ0v) is 13.2. The first-order valence-corrected chi connectivity index (χ1v) is 7.19. The monoisotopic (exact) mass is 334 g/mol. The quantitative estimate of drug-likeness (QED) is 0.693. The molecule has 9 heteroatoms. The lowest BCUT2D eigenvalue weighted by Gasteiger charge is -2.09. The molecule has 0 amide bonds. The van der Waals surface area contributed by atoms with Crippen molar-refractivity contribution in [1.82, 2.24) is 19.7 Å². The van der Waals surface area contributed by atoms with E-state index in [9.17, 15) is 8.78 Å².